The van der Waals surface area contributed by atoms with Crippen LogP contribution < -0.4 is 9.47 Å². The Morgan fingerprint density at radius 3 is 2.57 bits per heavy atom. The van der Waals surface area contributed by atoms with Crippen LogP contribution in [0, 0.1) is 0 Å². The Labute approximate surface area is 129 Å². The average Bonchev–Trinajstić information content (AvgIpc) is 2.43. The van der Waals surface area contributed by atoms with Crippen LogP contribution in [0.15, 0.2) is 12.1 Å². The standard InChI is InChI=1S/C15H20ClNO4/c1-4-5-15(19)8-17(9-15)14(18)10-6-11(16)13(21-3)12(7-10)20-2/h6-7,19H,4-5,8-9H2,1-3H3. The Morgan fingerprint density at radius 1 is 1.38 bits per heavy atom. The number of aliphatic hydroxyl groups is 1. The van der Waals surface area contributed by atoms with Gasteiger partial charge in [-0.3, -0.25) is 4.79 Å². The van der Waals surface area contributed by atoms with Crippen LogP contribution >= 0.6 is 11.6 Å². The topological polar surface area (TPSA) is 59.0 Å². The number of hydrogen-bond acceptors (Lipinski definition) is 4. The molecule has 0 radical (unpaired) electrons. The van der Waals surface area contributed by atoms with E-state index < -0.39 is 5.60 Å². The monoisotopic (exact) mass is 313 g/mol. The number of halogens is 1. The smallest absolute Gasteiger partial charge is 0.254 e. The molecule has 1 heterocycles. The van der Waals surface area contributed by atoms with Crippen molar-refractivity contribution >= 4 is 17.5 Å². The fourth-order valence-electron chi connectivity index (χ4n) is 2.66. The summed E-state index contributed by atoms with van der Waals surface area (Å²) in [5.74, 6) is 0.651. The molecule has 21 heavy (non-hydrogen) atoms. The predicted octanol–water partition coefficient (Wildman–Crippen LogP) is 2.34. The van der Waals surface area contributed by atoms with Crippen LogP contribution in [0.1, 0.15) is 30.1 Å². The zero-order valence-electron chi connectivity index (χ0n) is 12.5. The predicted molar refractivity (Wildman–Crippen MR) is 80.3 cm³/mol. The van der Waals surface area contributed by atoms with E-state index in [1.54, 1.807) is 17.0 Å². The lowest BCUT2D eigenvalue weighted by Crippen LogP contribution is -2.63. The molecule has 0 bridgehead atoms. The minimum Gasteiger partial charge on any atom is -0.493 e. The fourth-order valence-corrected chi connectivity index (χ4v) is 2.94. The van der Waals surface area contributed by atoms with Gasteiger partial charge in [0, 0.05) is 5.56 Å². The summed E-state index contributed by atoms with van der Waals surface area (Å²) in [6.45, 7) is 2.72. The molecule has 6 heteroatoms. The second-order valence-electron chi connectivity index (χ2n) is 5.33. The van der Waals surface area contributed by atoms with E-state index in [1.807, 2.05) is 6.92 Å². The van der Waals surface area contributed by atoms with Crippen LogP contribution in [0.3, 0.4) is 0 Å². The number of β-amino-alcohol motifs (C(OH)–C–C–N with tert-alkyl or cyclic N) is 1. The maximum Gasteiger partial charge on any atom is 0.254 e. The molecule has 1 aromatic rings. The Bertz CT molecular complexity index is 541. The van der Waals surface area contributed by atoms with Crippen molar-refractivity contribution in [3.8, 4) is 11.5 Å². The fraction of sp³-hybridized carbons (Fsp3) is 0.533. The molecule has 2 rings (SSSR count). The van der Waals surface area contributed by atoms with Crippen molar-refractivity contribution < 1.29 is 19.4 Å². The molecule has 0 aliphatic carbocycles. The van der Waals surface area contributed by atoms with Crippen LogP contribution in [0.5, 0.6) is 11.5 Å². The first-order chi connectivity index (χ1) is 9.94. The summed E-state index contributed by atoms with van der Waals surface area (Å²) in [7, 11) is 2.98. The lowest BCUT2D eigenvalue weighted by atomic mass is 9.88. The number of likely N-dealkylation sites (tertiary alicyclic amines) is 1. The van der Waals surface area contributed by atoms with Crippen molar-refractivity contribution in [2.45, 2.75) is 25.4 Å². The molecule has 1 amide bonds. The molecule has 1 saturated heterocycles. The zero-order chi connectivity index (χ0) is 15.6. The van der Waals surface area contributed by atoms with E-state index in [0.29, 0.717) is 41.6 Å². The Balaban J connectivity index is 2.16. The number of carbonyl (C=O) groups is 1. The quantitative estimate of drug-likeness (QED) is 0.906. The largest absolute Gasteiger partial charge is 0.493 e. The highest BCUT2D eigenvalue weighted by Gasteiger charge is 2.43. The third kappa shape index (κ3) is 3.09. The number of benzene rings is 1. The lowest BCUT2D eigenvalue weighted by Gasteiger charge is -2.46. The molecule has 5 nitrogen and oxygen atoms in total. The summed E-state index contributed by atoms with van der Waals surface area (Å²) in [5.41, 5.74) is -0.318. The minimum atomic E-state index is -0.745. The van der Waals surface area contributed by atoms with Crippen molar-refractivity contribution in [1.29, 1.82) is 0 Å². The maximum atomic E-state index is 12.4. The molecule has 0 spiro atoms. The van der Waals surface area contributed by atoms with Gasteiger partial charge in [-0.25, -0.2) is 0 Å². The number of methoxy groups -OCH3 is 2. The minimum absolute atomic E-state index is 0.168. The summed E-state index contributed by atoms with van der Waals surface area (Å²) in [4.78, 5) is 14.0. The lowest BCUT2D eigenvalue weighted by molar-refractivity contribution is -0.0860. The molecule has 1 fully saturated rings. The van der Waals surface area contributed by atoms with Gasteiger partial charge in [0.25, 0.3) is 5.91 Å². The molecule has 1 aliphatic heterocycles. The summed E-state index contributed by atoms with van der Waals surface area (Å²) >= 11 is 6.10. The number of nitrogens with zero attached hydrogens (tertiary/aromatic N) is 1. The summed E-state index contributed by atoms with van der Waals surface area (Å²) in [5, 5.41) is 10.5. The van der Waals surface area contributed by atoms with Crippen molar-refractivity contribution in [3.05, 3.63) is 22.7 Å². The van der Waals surface area contributed by atoms with Crippen LogP contribution in [0.2, 0.25) is 5.02 Å². The van der Waals surface area contributed by atoms with E-state index in [1.165, 1.54) is 14.2 Å². The molecule has 0 unspecified atom stereocenters. The summed E-state index contributed by atoms with van der Waals surface area (Å²) < 4.78 is 10.3. The molecular formula is C15H20ClNO4. The summed E-state index contributed by atoms with van der Waals surface area (Å²) in [6, 6.07) is 3.16. The van der Waals surface area contributed by atoms with Crippen molar-refractivity contribution in [2.75, 3.05) is 27.3 Å². The molecule has 0 aromatic heterocycles. The van der Waals surface area contributed by atoms with Gasteiger partial charge in [0.15, 0.2) is 11.5 Å². The molecule has 1 aromatic carbocycles. The van der Waals surface area contributed by atoms with Crippen LogP contribution in [0.4, 0.5) is 0 Å². The normalized spacial score (nSPS) is 16.3. The Hall–Kier alpha value is -1.46. The van der Waals surface area contributed by atoms with E-state index in [4.69, 9.17) is 21.1 Å². The molecule has 1 aliphatic rings. The number of hydrogen-bond donors (Lipinski definition) is 1. The highest BCUT2D eigenvalue weighted by atomic mass is 35.5. The van der Waals surface area contributed by atoms with E-state index >= 15 is 0 Å². The van der Waals surface area contributed by atoms with E-state index in [-0.39, 0.29) is 5.91 Å². The van der Waals surface area contributed by atoms with Crippen LogP contribution in [-0.4, -0.2) is 48.8 Å². The Morgan fingerprint density at radius 2 is 2.05 bits per heavy atom. The third-order valence-electron chi connectivity index (χ3n) is 3.65. The second kappa shape index (κ2) is 6.12. The average molecular weight is 314 g/mol. The first-order valence-electron chi connectivity index (χ1n) is 6.87. The first-order valence-corrected chi connectivity index (χ1v) is 7.25. The highest BCUT2D eigenvalue weighted by molar-refractivity contribution is 6.32. The van der Waals surface area contributed by atoms with Gasteiger partial charge in [-0.2, -0.15) is 0 Å². The van der Waals surface area contributed by atoms with Crippen molar-refractivity contribution in [1.82, 2.24) is 4.90 Å². The van der Waals surface area contributed by atoms with Gasteiger partial charge in [0.05, 0.1) is 37.9 Å². The van der Waals surface area contributed by atoms with Crippen LogP contribution in [0.25, 0.3) is 0 Å². The molecular weight excluding hydrogens is 294 g/mol. The van der Waals surface area contributed by atoms with Gasteiger partial charge in [-0.05, 0) is 18.6 Å². The van der Waals surface area contributed by atoms with Gasteiger partial charge in [-0.15, -0.1) is 0 Å². The second-order valence-corrected chi connectivity index (χ2v) is 5.74. The van der Waals surface area contributed by atoms with Gasteiger partial charge >= 0.3 is 0 Å². The van der Waals surface area contributed by atoms with Crippen molar-refractivity contribution in [3.63, 3.8) is 0 Å². The molecule has 116 valence electrons. The highest BCUT2D eigenvalue weighted by Crippen LogP contribution is 2.37. The van der Waals surface area contributed by atoms with Crippen molar-refractivity contribution in [2.24, 2.45) is 0 Å². The first kappa shape index (κ1) is 15.9. The number of carbonyl (C=O) groups excluding carboxylic acids is 1. The third-order valence-corrected chi connectivity index (χ3v) is 3.93. The van der Waals surface area contributed by atoms with Gasteiger partial charge in [0.1, 0.15) is 0 Å². The van der Waals surface area contributed by atoms with E-state index in [0.717, 1.165) is 6.42 Å². The van der Waals surface area contributed by atoms with E-state index in [9.17, 15) is 9.90 Å². The molecule has 1 N–H and O–H groups in total. The number of amides is 1. The molecule has 0 saturated carbocycles. The SMILES string of the molecule is CCCC1(O)CN(C(=O)c2cc(Cl)c(OC)c(OC)c2)C1. The summed E-state index contributed by atoms with van der Waals surface area (Å²) in [6.07, 6.45) is 1.59. The van der Waals surface area contributed by atoms with E-state index in [2.05, 4.69) is 0 Å². The molecule has 0 atom stereocenters. The zero-order valence-corrected chi connectivity index (χ0v) is 13.2. The van der Waals surface area contributed by atoms with Gasteiger partial charge < -0.3 is 19.5 Å². The van der Waals surface area contributed by atoms with Crippen LogP contribution in [-0.2, 0) is 0 Å². The Kier molecular flexibility index (Phi) is 4.64. The number of rotatable bonds is 5. The maximum absolute atomic E-state index is 12.4. The van der Waals surface area contributed by atoms with Gasteiger partial charge in [0.2, 0.25) is 0 Å². The number of ether oxygens (including phenoxy) is 2. The van der Waals surface area contributed by atoms with Gasteiger partial charge in [-0.1, -0.05) is 24.9 Å².